The number of likely N-dealkylation sites (tertiary alicyclic amines) is 1. The van der Waals surface area contributed by atoms with Crippen molar-refractivity contribution in [3.05, 3.63) is 55.3 Å². The summed E-state index contributed by atoms with van der Waals surface area (Å²) in [5.74, 6) is -2.49. The number of carboxylic acid groups (broad SMARTS) is 1. The fourth-order valence-electron chi connectivity index (χ4n) is 6.22. The van der Waals surface area contributed by atoms with E-state index in [2.05, 4.69) is 26.9 Å². The molecule has 16 heteroatoms. The summed E-state index contributed by atoms with van der Waals surface area (Å²) in [4.78, 5) is 71.7. The van der Waals surface area contributed by atoms with Gasteiger partial charge in [-0.05, 0) is 66.8 Å². The van der Waals surface area contributed by atoms with Crippen LogP contribution in [0.25, 0.3) is 10.8 Å². The van der Waals surface area contributed by atoms with Crippen LogP contribution in [0, 0.1) is 11.3 Å². The van der Waals surface area contributed by atoms with Crippen molar-refractivity contribution >= 4 is 50.4 Å². The van der Waals surface area contributed by atoms with Crippen LogP contribution in [0.3, 0.4) is 0 Å². The van der Waals surface area contributed by atoms with Gasteiger partial charge in [0, 0.05) is 30.3 Å². The Morgan fingerprint density at radius 2 is 1.90 bits per heavy atom. The van der Waals surface area contributed by atoms with Gasteiger partial charge in [0.15, 0.2) is 5.78 Å². The second-order valence-corrected chi connectivity index (χ2v) is 16.5. The monoisotopic (exact) mass is 739 g/mol. The van der Waals surface area contributed by atoms with Crippen molar-refractivity contribution in [1.82, 2.24) is 25.2 Å². The number of methoxy groups -OCH3 is 1. The van der Waals surface area contributed by atoms with Crippen molar-refractivity contribution in [2.45, 2.75) is 88.3 Å². The van der Waals surface area contributed by atoms with Crippen molar-refractivity contribution in [2.75, 3.05) is 13.7 Å². The maximum absolute atomic E-state index is 14.1. The molecule has 2 aromatic rings. The van der Waals surface area contributed by atoms with E-state index < -0.39 is 68.7 Å². The van der Waals surface area contributed by atoms with Gasteiger partial charge in [-0.25, -0.2) is 18.2 Å². The number of nitrogens with zero attached hydrogens (tertiary/aromatic N) is 2. The molecule has 52 heavy (non-hydrogen) atoms. The van der Waals surface area contributed by atoms with E-state index in [0.29, 0.717) is 24.0 Å². The zero-order valence-corrected chi connectivity index (χ0v) is 30.4. The molecular weight excluding hydrogens is 694 g/mol. The maximum Gasteiger partial charge on any atom is 0.405 e. The van der Waals surface area contributed by atoms with Gasteiger partial charge in [-0.3, -0.25) is 23.9 Å². The number of carbonyl (C=O) groups is 5. The number of hydrogen-bond donors (Lipinski definition) is 4. The highest BCUT2D eigenvalue weighted by atomic mass is 32.2. The number of nitrogens with one attached hydrogen (secondary N) is 3. The molecule has 4 amide bonds. The standard InChI is InChI=1S/C36H45N5O10S/c1-6-22-19-36(22,33(45)40-52(48,49)26-9-10-26)39-30(43)29-18-25(51-31-27-11-8-24(50-5)17-21(27)14-16-37-31)20-41(29)32(44)28(38-34(46)47)12-7-23(42)13-15-35(2,3)4/h6,8,11,13-17,22,25-26,28-29,38H,1,7,9-10,12,18-20H2,2-5H3,(H,39,43)(H,40,45)(H,46,47)/b15-13+/t22-,25-,28+,29+,36-/m1/s1. The van der Waals surface area contributed by atoms with Gasteiger partial charge >= 0.3 is 6.09 Å². The third-order valence-corrected chi connectivity index (χ3v) is 11.2. The predicted octanol–water partition coefficient (Wildman–Crippen LogP) is 2.85. The van der Waals surface area contributed by atoms with Crippen LogP contribution in [0.15, 0.2) is 55.3 Å². The molecule has 2 aliphatic carbocycles. The van der Waals surface area contributed by atoms with Gasteiger partial charge in [0.2, 0.25) is 27.7 Å². The largest absolute Gasteiger partial charge is 0.497 e. The van der Waals surface area contributed by atoms with Gasteiger partial charge in [0.1, 0.15) is 29.5 Å². The number of amides is 4. The number of ether oxygens (including phenoxy) is 2. The summed E-state index contributed by atoms with van der Waals surface area (Å²) in [7, 11) is -2.39. The lowest BCUT2D eigenvalue weighted by Gasteiger charge is -2.29. The van der Waals surface area contributed by atoms with E-state index in [1.54, 1.807) is 37.5 Å². The first-order valence-electron chi connectivity index (χ1n) is 17.1. The number of hydrogen-bond acceptors (Lipinski definition) is 10. The average molecular weight is 740 g/mol. The van der Waals surface area contributed by atoms with E-state index in [4.69, 9.17) is 9.47 Å². The van der Waals surface area contributed by atoms with Crippen LogP contribution >= 0.6 is 0 Å². The molecule has 15 nitrogen and oxygen atoms in total. The maximum atomic E-state index is 14.1. The summed E-state index contributed by atoms with van der Waals surface area (Å²) in [6.07, 6.45) is 4.31. The summed E-state index contributed by atoms with van der Waals surface area (Å²) in [5.41, 5.74) is -1.89. The summed E-state index contributed by atoms with van der Waals surface area (Å²) in [6.45, 7) is 9.29. The topological polar surface area (TPSA) is 210 Å². The summed E-state index contributed by atoms with van der Waals surface area (Å²) >= 11 is 0. The molecule has 0 spiro atoms. The van der Waals surface area contributed by atoms with Crippen LogP contribution in [0.4, 0.5) is 4.79 Å². The molecule has 5 rings (SSSR count). The molecule has 3 aliphatic rings. The van der Waals surface area contributed by atoms with Crippen LogP contribution in [-0.2, 0) is 29.2 Å². The van der Waals surface area contributed by atoms with Crippen molar-refractivity contribution in [2.24, 2.45) is 11.3 Å². The number of fused-ring (bicyclic) bond motifs is 1. The van der Waals surface area contributed by atoms with Gasteiger partial charge in [-0.15, -0.1) is 6.58 Å². The molecule has 0 radical (unpaired) electrons. The van der Waals surface area contributed by atoms with Crippen LogP contribution in [-0.4, -0.2) is 95.6 Å². The highest BCUT2D eigenvalue weighted by molar-refractivity contribution is 7.91. The molecule has 0 bridgehead atoms. The molecule has 280 valence electrons. The third-order valence-electron chi connectivity index (χ3n) is 9.36. The van der Waals surface area contributed by atoms with Crippen LogP contribution in [0.1, 0.15) is 59.3 Å². The second kappa shape index (κ2) is 14.9. The van der Waals surface area contributed by atoms with Crippen LogP contribution < -0.4 is 24.8 Å². The van der Waals surface area contributed by atoms with E-state index in [1.807, 2.05) is 20.8 Å². The zero-order chi connectivity index (χ0) is 38.0. The predicted molar refractivity (Wildman–Crippen MR) is 190 cm³/mol. The fourth-order valence-corrected chi connectivity index (χ4v) is 7.58. The smallest absolute Gasteiger partial charge is 0.405 e. The van der Waals surface area contributed by atoms with E-state index >= 15 is 0 Å². The Hall–Kier alpha value is -4.99. The zero-order valence-electron chi connectivity index (χ0n) is 29.6. The van der Waals surface area contributed by atoms with E-state index in [-0.39, 0.29) is 49.3 Å². The molecule has 1 aromatic carbocycles. The van der Waals surface area contributed by atoms with Crippen LogP contribution in [0.5, 0.6) is 11.6 Å². The summed E-state index contributed by atoms with van der Waals surface area (Å²) in [6, 6.07) is 4.39. The second-order valence-electron chi connectivity index (χ2n) is 14.6. The van der Waals surface area contributed by atoms with Crippen molar-refractivity contribution in [3.63, 3.8) is 0 Å². The molecular formula is C36H45N5O10S. The minimum Gasteiger partial charge on any atom is -0.497 e. The minimum atomic E-state index is -3.94. The highest BCUT2D eigenvalue weighted by Gasteiger charge is 2.62. The van der Waals surface area contributed by atoms with Gasteiger partial charge in [-0.2, -0.15) is 0 Å². The average Bonchev–Trinajstić information content (AvgIpc) is 4.01. The minimum absolute atomic E-state index is 0.0737. The Kier molecular flexibility index (Phi) is 11.0. The number of carbonyl (C=O) groups excluding carboxylic acids is 4. The first kappa shape index (κ1) is 38.2. The number of rotatable bonds is 15. The molecule has 5 atom stereocenters. The van der Waals surface area contributed by atoms with Gasteiger partial charge in [0.25, 0.3) is 5.91 Å². The number of pyridine rings is 1. The molecule has 4 N–H and O–H groups in total. The molecule has 1 saturated heterocycles. The Labute approximate surface area is 302 Å². The van der Waals surface area contributed by atoms with E-state index in [0.717, 1.165) is 5.39 Å². The molecule has 1 aromatic heterocycles. The molecule has 0 unspecified atom stereocenters. The van der Waals surface area contributed by atoms with E-state index in [1.165, 1.54) is 23.2 Å². The fraction of sp³-hybridized carbons (Fsp3) is 0.500. The lowest BCUT2D eigenvalue weighted by molar-refractivity contribution is -0.141. The quantitative estimate of drug-likeness (QED) is 0.154. The normalized spacial score (nSPS) is 23.5. The lowest BCUT2D eigenvalue weighted by atomic mass is 9.95. The van der Waals surface area contributed by atoms with Crippen molar-refractivity contribution < 1.29 is 47.0 Å². The van der Waals surface area contributed by atoms with Crippen LogP contribution in [0.2, 0.25) is 0 Å². The number of allylic oxidation sites excluding steroid dienone is 2. The summed E-state index contributed by atoms with van der Waals surface area (Å²) in [5, 5.41) is 15.2. The third kappa shape index (κ3) is 8.89. The van der Waals surface area contributed by atoms with Crippen molar-refractivity contribution in [3.8, 4) is 11.6 Å². The Morgan fingerprint density at radius 1 is 1.17 bits per heavy atom. The van der Waals surface area contributed by atoms with Gasteiger partial charge in [-0.1, -0.05) is 32.9 Å². The first-order chi connectivity index (χ1) is 24.5. The molecule has 1 aliphatic heterocycles. The lowest BCUT2D eigenvalue weighted by Crippen LogP contribution is -2.58. The Bertz CT molecular complexity index is 1900. The number of ketones is 1. The summed E-state index contributed by atoms with van der Waals surface area (Å²) < 4.78 is 39.0. The van der Waals surface area contributed by atoms with Crippen molar-refractivity contribution in [1.29, 1.82) is 0 Å². The Morgan fingerprint density at radius 3 is 2.52 bits per heavy atom. The number of benzene rings is 1. The highest BCUT2D eigenvalue weighted by Crippen LogP contribution is 2.45. The number of aromatic nitrogens is 1. The molecule has 3 fully saturated rings. The first-order valence-corrected chi connectivity index (χ1v) is 18.6. The number of sulfonamides is 1. The van der Waals surface area contributed by atoms with Gasteiger partial charge in [0.05, 0.1) is 18.9 Å². The van der Waals surface area contributed by atoms with Gasteiger partial charge < -0.3 is 30.1 Å². The molecule has 2 heterocycles. The Balaban J connectivity index is 1.41. The molecule has 2 saturated carbocycles. The van der Waals surface area contributed by atoms with E-state index in [9.17, 15) is 37.5 Å². The SMILES string of the molecule is C=C[C@@H]1C[C@]1(NC(=O)[C@@H]1C[C@@H](Oc2nccc3cc(OC)ccc23)CN1C(=O)[C@H](CCC(=O)/C=C/C(C)(C)C)NC(=O)O)C(=O)NS(=O)(=O)C1CC1.